The van der Waals surface area contributed by atoms with Gasteiger partial charge in [0.15, 0.2) is 0 Å². The van der Waals surface area contributed by atoms with E-state index in [1.165, 1.54) is 24.6 Å². The van der Waals surface area contributed by atoms with Crippen LogP contribution in [-0.2, 0) is 4.74 Å². The molecule has 1 fully saturated rings. The highest BCUT2D eigenvalue weighted by atomic mass is 32.2. The number of piperidine rings is 1. The molecule has 1 aliphatic rings. The Bertz CT molecular complexity index is 269. The first-order valence-corrected chi connectivity index (χ1v) is 8.72. The van der Waals surface area contributed by atoms with Crippen LogP contribution in [-0.4, -0.2) is 67.9 Å². The zero-order chi connectivity index (χ0) is 14.8. The van der Waals surface area contributed by atoms with Gasteiger partial charge in [-0.1, -0.05) is 25.6 Å². The number of thioether (sulfide) groups is 1. The monoisotopic (exact) mass is 303 g/mol. The summed E-state index contributed by atoms with van der Waals surface area (Å²) < 4.78 is 5.54. The Hall–Kier alpha value is -0.300. The van der Waals surface area contributed by atoms with Gasteiger partial charge in [0.05, 0.1) is 13.2 Å². The van der Waals surface area contributed by atoms with E-state index in [4.69, 9.17) is 4.74 Å². The largest absolute Gasteiger partial charge is 0.378 e. The molecule has 0 atom stereocenters. The Balaban J connectivity index is 1.95. The summed E-state index contributed by atoms with van der Waals surface area (Å²) in [6.45, 7) is 9.64. The molecule has 20 heavy (non-hydrogen) atoms. The van der Waals surface area contributed by atoms with Crippen molar-refractivity contribution in [1.29, 1.82) is 0 Å². The van der Waals surface area contributed by atoms with Crippen LogP contribution in [0.1, 0.15) is 26.7 Å². The zero-order valence-corrected chi connectivity index (χ0v) is 13.8. The van der Waals surface area contributed by atoms with E-state index in [-0.39, 0.29) is 5.24 Å². The van der Waals surface area contributed by atoms with Crippen LogP contribution in [0.4, 0.5) is 4.79 Å². The summed E-state index contributed by atoms with van der Waals surface area (Å²) in [7, 11) is 0. The van der Waals surface area contributed by atoms with Crippen molar-refractivity contribution in [2.75, 3.05) is 45.6 Å². The van der Waals surface area contributed by atoms with E-state index in [0.717, 1.165) is 26.2 Å². The lowest BCUT2D eigenvalue weighted by molar-refractivity contribution is 0.0935. The quantitative estimate of drug-likeness (QED) is 0.666. The van der Waals surface area contributed by atoms with Gasteiger partial charge in [-0.3, -0.25) is 4.79 Å². The average molecular weight is 303 g/mol. The van der Waals surface area contributed by atoms with Crippen molar-refractivity contribution in [3.05, 3.63) is 0 Å². The van der Waals surface area contributed by atoms with Gasteiger partial charge in [-0.05, 0) is 32.2 Å². The molecule has 0 aromatic rings. The van der Waals surface area contributed by atoms with E-state index in [1.54, 1.807) is 6.26 Å². The minimum absolute atomic E-state index is 0.00771. The Kier molecular flexibility index (Phi) is 9.26. The lowest BCUT2D eigenvalue weighted by atomic mass is 10.0. The maximum atomic E-state index is 11.0. The SMILES string of the molecule is CSC(=O)NCCOCCN1CCC(NC(C)C)CC1. The van der Waals surface area contributed by atoms with E-state index in [0.29, 0.717) is 25.2 Å². The van der Waals surface area contributed by atoms with Crippen LogP contribution in [0.3, 0.4) is 0 Å². The van der Waals surface area contributed by atoms with E-state index in [9.17, 15) is 4.79 Å². The van der Waals surface area contributed by atoms with Gasteiger partial charge in [-0.25, -0.2) is 0 Å². The number of nitrogens with one attached hydrogen (secondary N) is 2. The molecule has 0 aliphatic carbocycles. The minimum atomic E-state index is 0.00771. The van der Waals surface area contributed by atoms with Gasteiger partial charge in [0.25, 0.3) is 5.24 Å². The molecular weight excluding hydrogens is 274 g/mol. The number of hydrogen-bond donors (Lipinski definition) is 2. The van der Waals surface area contributed by atoms with Gasteiger partial charge in [-0.15, -0.1) is 0 Å². The summed E-state index contributed by atoms with van der Waals surface area (Å²) in [5, 5.41) is 6.38. The van der Waals surface area contributed by atoms with Crippen LogP contribution in [0.15, 0.2) is 0 Å². The molecule has 0 spiro atoms. The minimum Gasteiger partial charge on any atom is -0.378 e. The summed E-state index contributed by atoms with van der Waals surface area (Å²) in [6.07, 6.45) is 4.22. The van der Waals surface area contributed by atoms with Crippen molar-refractivity contribution in [2.45, 2.75) is 38.8 Å². The standard InChI is InChI=1S/C14H29N3O2S/c1-12(2)16-13-4-7-17(8-5-13)9-11-19-10-6-15-14(18)20-3/h12-13,16H,4-11H2,1-3H3,(H,15,18). The number of hydrogen-bond acceptors (Lipinski definition) is 5. The molecule has 0 aromatic carbocycles. The molecule has 2 N–H and O–H groups in total. The summed E-state index contributed by atoms with van der Waals surface area (Å²) in [5.74, 6) is 0. The number of nitrogens with zero attached hydrogens (tertiary/aromatic N) is 1. The van der Waals surface area contributed by atoms with Crippen LogP contribution in [0.25, 0.3) is 0 Å². The van der Waals surface area contributed by atoms with Crippen molar-refractivity contribution in [3.8, 4) is 0 Å². The predicted molar refractivity (Wildman–Crippen MR) is 85.5 cm³/mol. The van der Waals surface area contributed by atoms with Gasteiger partial charge in [-0.2, -0.15) is 0 Å². The van der Waals surface area contributed by atoms with E-state index in [2.05, 4.69) is 29.4 Å². The number of rotatable bonds is 8. The van der Waals surface area contributed by atoms with Crippen LogP contribution < -0.4 is 10.6 Å². The van der Waals surface area contributed by atoms with Crippen molar-refractivity contribution in [3.63, 3.8) is 0 Å². The third-order valence-corrected chi connectivity index (χ3v) is 3.92. The van der Waals surface area contributed by atoms with E-state index < -0.39 is 0 Å². The topological polar surface area (TPSA) is 53.6 Å². The van der Waals surface area contributed by atoms with Crippen LogP contribution >= 0.6 is 11.8 Å². The second-order valence-corrected chi connectivity index (χ2v) is 6.25. The molecule has 0 aromatic heterocycles. The molecule has 1 rings (SSSR count). The second kappa shape index (κ2) is 10.4. The molecule has 118 valence electrons. The van der Waals surface area contributed by atoms with Crippen LogP contribution in [0.5, 0.6) is 0 Å². The smallest absolute Gasteiger partial charge is 0.278 e. The van der Waals surface area contributed by atoms with E-state index >= 15 is 0 Å². The number of carbonyl (C=O) groups is 1. The third-order valence-electron chi connectivity index (χ3n) is 3.41. The first kappa shape index (κ1) is 17.8. The summed E-state index contributed by atoms with van der Waals surface area (Å²) in [5.41, 5.74) is 0. The predicted octanol–water partition coefficient (Wildman–Crippen LogP) is 1.54. The summed E-state index contributed by atoms with van der Waals surface area (Å²) >= 11 is 1.20. The molecule has 0 saturated carbocycles. The number of likely N-dealkylation sites (tertiary alicyclic amines) is 1. The Morgan fingerprint density at radius 3 is 2.65 bits per heavy atom. The average Bonchev–Trinajstić information content (AvgIpc) is 2.43. The Morgan fingerprint density at radius 1 is 1.35 bits per heavy atom. The molecule has 5 nitrogen and oxygen atoms in total. The lowest BCUT2D eigenvalue weighted by Gasteiger charge is -2.33. The Morgan fingerprint density at radius 2 is 2.05 bits per heavy atom. The maximum Gasteiger partial charge on any atom is 0.278 e. The molecule has 1 saturated heterocycles. The fourth-order valence-electron chi connectivity index (χ4n) is 2.39. The van der Waals surface area contributed by atoms with Gasteiger partial charge in [0, 0.05) is 25.2 Å². The second-order valence-electron chi connectivity index (χ2n) is 5.47. The first-order valence-electron chi connectivity index (χ1n) is 7.49. The van der Waals surface area contributed by atoms with Crippen molar-refractivity contribution >= 4 is 17.0 Å². The highest BCUT2D eigenvalue weighted by Crippen LogP contribution is 2.10. The van der Waals surface area contributed by atoms with Crippen LogP contribution in [0.2, 0.25) is 0 Å². The highest BCUT2D eigenvalue weighted by Gasteiger charge is 2.18. The van der Waals surface area contributed by atoms with Gasteiger partial charge < -0.3 is 20.3 Å². The molecule has 6 heteroatoms. The fourth-order valence-corrected chi connectivity index (χ4v) is 2.63. The van der Waals surface area contributed by atoms with Crippen molar-refractivity contribution in [1.82, 2.24) is 15.5 Å². The normalized spacial score (nSPS) is 17.6. The molecule has 1 amide bonds. The van der Waals surface area contributed by atoms with Crippen molar-refractivity contribution < 1.29 is 9.53 Å². The molecule has 0 radical (unpaired) electrons. The van der Waals surface area contributed by atoms with Crippen LogP contribution in [0, 0.1) is 0 Å². The molecule has 1 heterocycles. The first-order chi connectivity index (χ1) is 9.61. The van der Waals surface area contributed by atoms with E-state index in [1.807, 2.05) is 0 Å². The zero-order valence-electron chi connectivity index (χ0n) is 13.0. The third kappa shape index (κ3) is 8.09. The number of carbonyl (C=O) groups excluding carboxylic acids is 1. The van der Waals surface area contributed by atoms with Gasteiger partial charge in [0.2, 0.25) is 0 Å². The number of amides is 1. The Labute approximate surface area is 127 Å². The highest BCUT2D eigenvalue weighted by molar-refractivity contribution is 8.12. The molecule has 0 unspecified atom stereocenters. The fraction of sp³-hybridized carbons (Fsp3) is 0.929. The molecule has 0 bridgehead atoms. The number of ether oxygens (including phenoxy) is 1. The molecule has 1 aliphatic heterocycles. The maximum absolute atomic E-state index is 11.0. The summed E-state index contributed by atoms with van der Waals surface area (Å²) in [6, 6.07) is 1.25. The lowest BCUT2D eigenvalue weighted by Crippen LogP contribution is -2.45. The summed E-state index contributed by atoms with van der Waals surface area (Å²) in [4.78, 5) is 13.4. The van der Waals surface area contributed by atoms with Gasteiger partial charge >= 0.3 is 0 Å². The molecular formula is C14H29N3O2S. The van der Waals surface area contributed by atoms with Gasteiger partial charge in [0.1, 0.15) is 0 Å². The van der Waals surface area contributed by atoms with Crippen molar-refractivity contribution in [2.24, 2.45) is 0 Å².